The molecule has 1 aliphatic heterocycles. The third kappa shape index (κ3) is 6.67. The molecule has 0 saturated carbocycles. The zero-order chi connectivity index (χ0) is 18.9. The molecule has 26 heavy (non-hydrogen) atoms. The van der Waals surface area contributed by atoms with Gasteiger partial charge >= 0.3 is 6.03 Å². The summed E-state index contributed by atoms with van der Waals surface area (Å²) in [7, 11) is 0. The summed E-state index contributed by atoms with van der Waals surface area (Å²) in [5.41, 5.74) is 7.13. The van der Waals surface area contributed by atoms with Crippen LogP contribution in [0.25, 0.3) is 0 Å². The summed E-state index contributed by atoms with van der Waals surface area (Å²) < 4.78 is 0. The monoisotopic (exact) mass is 360 g/mol. The maximum atomic E-state index is 12.3. The number of rotatable bonds is 7. The molecule has 1 heterocycles. The summed E-state index contributed by atoms with van der Waals surface area (Å²) in [6.07, 6.45) is 2.36. The Morgan fingerprint density at radius 2 is 1.92 bits per heavy atom. The molecule has 1 aromatic carbocycles. The quantitative estimate of drug-likeness (QED) is 0.697. The van der Waals surface area contributed by atoms with Gasteiger partial charge in [0, 0.05) is 38.6 Å². The van der Waals surface area contributed by atoms with Gasteiger partial charge < -0.3 is 21.3 Å². The van der Waals surface area contributed by atoms with Crippen LogP contribution >= 0.6 is 0 Å². The molecular formula is C20H32N4O2. The number of nitrogens with one attached hydrogen (secondary N) is 2. The van der Waals surface area contributed by atoms with Crippen LogP contribution in [0, 0.1) is 11.8 Å². The van der Waals surface area contributed by atoms with Crippen molar-refractivity contribution in [3.63, 3.8) is 0 Å². The van der Waals surface area contributed by atoms with Crippen LogP contribution in [0.1, 0.15) is 44.7 Å². The Balaban J connectivity index is 1.73. The molecule has 2 rings (SSSR count). The van der Waals surface area contributed by atoms with Crippen LogP contribution in [0.4, 0.5) is 4.79 Å². The van der Waals surface area contributed by atoms with Crippen LogP contribution < -0.4 is 16.4 Å². The number of hydrogen-bond donors (Lipinski definition) is 3. The van der Waals surface area contributed by atoms with Crippen molar-refractivity contribution in [3.05, 3.63) is 35.9 Å². The van der Waals surface area contributed by atoms with Gasteiger partial charge in [-0.25, -0.2) is 4.79 Å². The average molecular weight is 361 g/mol. The molecule has 0 spiro atoms. The van der Waals surface area contributed by atoms with E-state index in [1.165, 1.54) is 0 Å². The van der Waals surface area contributed by atoms with Gasteiger partial charge in [0.2, 0.25) is 5.91 Å². The molecule has 6 heteroatoms. The normalized spacial score (nSPS) is 18.5. The summed E-state index contributed by atoms with van der Waals surface area (Å²) in [4.78, 5) is 26.3. The molecule has 144 valence electrons. The minimum Gasteiger partial charge on any atom is -0.354 e. The number of urea groups is 1. The number of benzene rings is 1. The van der Waals surface area contributed by atoms with Gasteiger partial charge in [-0.1, -0.05) is 44.2 Å². The Bertz CT molecular complexity index is 576. The number of nitrogens with zero attached hydrogens (tertiary/aromatic N) is 1. The van der Waals surface area contributed by atoms with Crippen LogP contribution in [0.2, 0.25) is 0 Å². The van der Waals surface area contributed by atoms with Gasteiger partial charge in [-0.3, -0.25) is 4.79 Å². The van der Waals surface area contributed by atoms with Crippen molar-refractivity contribution >= 4 is 11.9 Å². The molecule has 6 nitrogen and oxygen atoms in total. The van der Waals surface area contributed by atoms with Gasteiger partial charge in [-0.05, 0) is 30.2 Å². The largest absolute Gasteiger partial charge is 0.354 e. The van der Waals surface area contributed by atoms with E-state index in [0.717, 1.165) is 24.9 Å². The summed E-state index contributed by atoms with van der Waals surface area (Å²) in [5, 5.41) is 5.88. The first-order valence-corrected chi connectivity index (χ1v) is 9.55. The molecule has 0 bridgehead atoms. The number of likely N-dealkylation sites (tertiary alicyclic amines) is 1. The number of hydrogen-bond acceptors (Lipinski definition) is 3. The molecule has 4 N–H and O–H groups in total. The van der Waals surface area contributed by atoms with E-state index < -0.39 is 0 Å². The van der Waals surface area contributed by atoms with Crippen molar-refractivity contribution in [1.82, 2.24) is 15.5 Å². The van der Waals surface area contributed by atoms with Crippen LogP contribution in [-0.2, 0) is 4.79 Å². The van der Waals surface area contributed by atoms with Gasteiger partial charge in [0.25, 0.3) is 0 Å². The van der Waals surface area contributed by atoms with Crippen LogP contribution in [0.15, 0.2) is 30.3 Å². The summed E-state index contributed by atoms with van der Waals surface area (Å²) in [5.74, 6) is 0.645. The number of carbonyl (C=O) groups excluding carboxylic acids is 2. The summed E-state index contributed by atoms with van der Waals surface area (Å²) >= 11 is 0. The molecule has 0 radical (unpaired) electrons. The van der Waals surface area contributed by atoms with Crippen LogP contribution in [0.3, 0.4) is 0 Å². The topological polar surface area (TPSA) is 87.5 Å². The number of carbonyl (C=O) groups is 2. The van der Waals surface area contributed by atoms with E-state index in [1.54, 1.807) is 0 Å². The van der Waals surface area contributed by atoms with Crippen molar-refractivity contribution < 1.29 is 9.59 Å². The molecule has 2 atom stereocenters. The first kappa shape index (κ1) is 20.2. The van der Waals surface area contributed by atoms with Crippen molar-refractivity contribution in [2.45, 2.75) is 39.2 Å². The maximum absolute atomic E-state index is 12.3. The lowest BCUT2D eigenvalue weighted by Gasteiger charge is -2.32. The van der Waals surface area contributed by atoms with E-state index in [4.69, 9.17) is 5.73 Å². The Labute approximate surface area is 156 Å². The third-order valence-electron chi connectivity index (χ3n) is 4.69. The van der Waals surface area contributed by atoms with Crippen molar-refractivity contribution in [2.75, 3.05) is 26.2 Å². The average Bonchev–Trinajstić information content (AvgIpc) is 2.65. The minimum atomic E-state index is -0.204. The highest BCUT2D eigenvalue weighted by atomic mass is 16.2. The SMILES string of the molecule is CC(C)CNC(=O)N1CCCC(CC(=O)NCC(N)c2ccccc2)C1. The zero-order valence-electron chi connectivity index (χ0n) is 15.9. The molecule has 0 aliphatic carbocycles. The summed E-state index contributed by atoms with van der Waals surface area (Å²) in [6, 6.07) is 9.54. The second-order valence-electron chi connectivity index (χ2n) is 7.56. The Morgan fingerprint density at radius 1 is 1.19 bits per heavy atom. The lowest BCUT2D eigenvalue weighted by atomic mass is 9.94. The van der Waals surface area contributed by atoms with Gasteiger partial charge in [0.1, 0.15) is 0 Å². The van der Waals surface area contributed by atoms with Gasteiger partial charge in [-0.2, -0.15) is 0 Å². The van der Waals surface area contributed by atoms with E-state index >= 15 is 0 Å². The zero-order valence-corrected chi connectivity index (χ0v) is 15.9. The lowest BCUT2D eigenvalue weighted by molar-refractivity contribution is -0.122. The van der Waals surface area contributed by atoms with E-state index in [2.05, 4.69) is 24.5 Å². The molecule has 1 fully saturated rings. The maximum Gasteiger partial charge on any atom is 0.317 e. The molecule has 0 aromatic heterocycles. The molecular weight excluding hydrogens is 328 g/mol. The Morgan fingerprint density at radius 3 is 2.62 bits per heavy atom. The molecule has 2 unspecified atom stereocenters. The highest BCUT2D eigenvalue weighted by Gasteiger charge is 2.25. The highest BCUT2D eigenvalue weighted by molar-refractivity contribution is 5.77. The van der Waals surface area contributed by atoms with Crippen molar-refractivity contribution in [2.24, 2.45) is 17.6 Å². The first-order valence-electron chi connectivity index (χ1n) is 9.55. The number of piperidine rings is 1. The van der Waals surface area contributed by atoms with Gasteiger partial charge in [-0.15, -0.1) is 0 Å². The second kappa shape index (κ2) is 10.2. The Kier molecular flexibility index (Phi) is 7.91. The standard InChI is InChI=1S/C20H32N4O2/c1-15(2)12-23-20(26)24-10-6-7-16(14-24)11-19(25)22-13-18(21)17-8-4-3-5-9-17/h3-5,8-9,15-16,18H,6-7,10-14,21H2,1-2H3,(H,22,25)(H,23,26). The van der Waals surface area contributed by atoms with Gasteiger partial charge in [0.05, 0.1) is 0 Å². The van der Waals surface area contributed by atoms with Gasteiger partial charge in [0.15, 0.2) is 0 Å². The Hall–Kier alpha value is -2.08. The minimum absolute atomic E-state index is 0.00539. The number of amides is 3. The van der Waals surface area contributed by atoms with Crippen LogP contribution in [0.5, 0.6) is 0 Å². The fraction of sp³-hybridized carbons (Fsp3) is 0.600. The second-order valence-corrected chi connectivity index (χ2v) is 7.56. The molecule has 1 aliphatic rings. The number of nitrogens with two attached hydrogens (primary N) is 1. The third-order valence-corrected chi connectivity index (χ3v) is 4.69. The first-order chi connectivity index (χ1) is 12.5. The fourth-order valence-electron chi connectivity index (χ4n) is 3.20. The van der Waals surface area contributed by atoms with Crippen molar-refractivity contribution in [3.8, 4) is 0 Å². The predicted octanol–water partition coefficient (Wildman–Crippen LogP) is 2.27. The molecule has 1 saturated heterocycles. The van der Waals surface area contributed by atoms with Crippen molar-refractivity contribution in [1.29, 1.82) is 0 Å². The smallest absolute Gasteiger partial charge is 0.317 e. The van der Waals surface area contributed by atoms with E-state index in [1.807, 2.05) is 35.2 Å². The van der Waals surface area contributed by atoms with E-state index in [9.17, 15) is 9.59 Å². The van der Waals surface area contributed by atoms with Crippen LogP contribution in [-0.4, -0.2) is 43.0 Å². The molecule has 3 amide bonds. The fourth-order valence-corrected chi connectivity index (χ4v) is 3.20. The summed E-state index contributed by atoms with van der Waals surface area (Å²) in [6.45, 7) is 6.66. The molecule has 1 aromatic rings. The van der Waals surface area contributed by atoms with E-state index in [-0.39, 0.29) is 23.9 Å². The predicted molar refractivity (Wildman–Crippen MR) is 104 cm³/mol. The highest BCUT2D eigenvalue weighted by Crippen LogP contribution is 2.20. The lowest BCUT2D eigenvalue weighted by Crippen LogP contribution is -2.47. The van der Waals surface area contributed by atoms with E-state index in [0.29, 0.717) is 32.0 Å².